The van der Waals surface area contributed by atoms with E-state index in [1.807, 2.05) is 0 Å². The van der Waals surface area contributed by atoms with E-state index >= 15 is 0 Å². The molecule has 0 amide bonds. The molecule has 3 heteroatoms. The van der Waals surface area contributed by atoms with Crippen LogP contribution in [0.2, 0.25) is 0 Å². The standard InChI is InChI=1S/C9H9FO2/c1-12-9(10,7-11)8-5-3-2-4-6-8/h2-7H,1H3. The van der Waals surface area contributed by atoms with E-state index in [2.05, 4.69) is 4.74 Å². The van der Waals surface area contributed by atoms with Crippen LogP contribution in [-0.2, 0) is 15.4 Å². The Morgan fingerprint density at radius 1 is 1.42 bits per heavy atom. The Morgan fingerprint density at radius 3 is 2.42 bits per heavy atom. The van der Waals surface area contributed by atoms with Crippen LogP contribution in [0.3, 0.4) is 0 Å². The molecule has 0 aromatic heterocycles. The molecule has 0 heterocycles. The molecule has 0 aliphatic heterocycles. The number of aldehydes is 1. The van der Waals surface area contributed by atoms with Gasteiger partial charge in [0.1, 0.15) is 0 Å². The quantitative estimate of drug-likeness (QED) is 0.641. The van der Waals surface area contributed by atoms with Crippen molar-refractivity contribution in [2.24, 2.45) is 0 Å². The molecule has 64 valence electrons. The van der Waals surface area contributed by atoms with E-state index in [-0.39, 0.29) is 11.8 Å². The van der Waals surface area contributed by atoms with Crippen LogP contribution in [0.15, 0.2) is 30.3 Å². The van der Waals surface area contributed by atoms with E-state index in [9.17, 15) is 9.18 Å². The Balaban J connectivity index is 3.03. The van der Waals surface area contributed by atoms with Crippen LogP contribution in [0.5, 0.6) is 0 Å². The van der Waals surface area contributed by atoms with Crippen molar-refractivity contribution in [1.82, 2.24) is 0 Å². The highest BCUT2D eigenvalue weighted by Crippen LogP contribution is 2.23. The fourth-order valence-electron chi connectivity index (χ4n) is 0.899. The Kier molecular flexibility index (Phi) is 2.55. The zero-order valence-corrected chi connectivity index (χ0v) is 6.66. The molecule has 0 spiro atoms. The summed E-state index contributed by atoms with van der Waals surface area (Å²) in [5, 5.41) is 0. The van der Waals surface area contributed by atoms with Crippen molar-refractivity contribution in [2.45, 2.75) is 5.85 Å². The first-order valence-electron chi connectivity index (χ1n) is 3.49. The molecule has 1 unspecified atom stereocenters. The average molecular weight is 168 g/mol. The van der Waals surface area contributed by atoms with Gasteiger partial charge in [0.15, 0.2) is 6.29 Å². The Bertz CT molecular complexity index is 260. The number of halogens is 1. The predicted octanol–water partition coefficient (Wildman–Crippen LogP) is 1.65. The highest BCUT2D eigenvalue weighted by Gasteiger charge is 2.30. The van der Waals surface area contributed by atoms with Crippen LogP contribution in [0.4, 0.5) is 4.39 Å². The van der Waals surface area contributed by atoms with E-state index in [0.717, 1.165) is 7.11 Å². The van der Waals surface area contributed by atoms with Gasteiger partial charge >= 0.3 is 0 Å². The number of hydrogen-bond donors (Lipinski definition) is 0. The topological polar surface area (TPSA) is 26.3 Å². The third-order valence-electron chi connectivity index (χ3n) is 1.62. The number of carbonyl (C=O) groups is 1. The molecule has 12 heavy (non-hydrogen) atoms. The molecule has 0 aliphatic carbocycles. The van der Waals surface area contributed by atoms with Crippen LogP contribution < -0.4 is 0 Å². The van der Waals surface area contributed by atoms with E-state index in [0.29, 0.717) is 0 Å². The average Bonchev–Trinajstić information content (AvgIpc) is 2.18. The van der Waals surface area contributed by atoms with Crippen LogP contribution >= 0.6 is 0 Å². The number of alkyl halides is 1. The summed E-state index contributed by atoms with van der Waals surface area (Å²) in [6.45, 7) is 0. The van der Waals surface area contributed by atoms with Gasteiger partial charge in [-0.1, -0.05) is 30.3 Å². The molecule has 1 rings (SSSR count). The molecule has 0 fully saturated rings. The molecule has 0 radical (unpaired) electrons. The van der Waals surface area contributed by atoms with Gasteiger partial charge in [-0.25, -0.2) is 0 Å². The lowest BCUT2D eigenvalue weighted by Gasteiger charge is -2.16. The fourth-order valence-corrected chi connectivity index (χ4v) is 0.899. The Labute approximate surface area is 70.0 Å². The molecule has 0 saturated heterocycles. The van der Waals surface area contributed by atoms with Crippen molar-refractivity contribution in [3.63, 3.8) is 0 Å². The lowest BCUT2D eigenvalue weighted by Crippen LogP contribution is -2.23. The van der Waals surface area contributed by atoms with Crippen molar-refractivity contribution < 1.29 is 13.9 Å². The van der Waals surface area contributed by atoms with Crippen LogP contribution in [0.25, 0.3) is 0 Å². The highest BCUT2D eigenvalue weighted by molar-refractivity contribution is 5.63. The monoisotopic (exact) mass is 168 g/mol. The first-order valence-corrected chi connectivity index (χ1v) is 3.49. The Morgan fingerprint density at radius 2 is 2.00 bits per heavy atom. The lowest BCUT2D eigenvalue weighted by molar-refractivity contribution is -0.155. The molecule has 0 saturated carbocycles. The summed E-state index contributed by atoms with van der Waals surface area (Å²) in [5.74, 6) is -2.30. The number of benzene rings is 1. The van der Waals surface area contributed by atoms with Crippen molar-refractivity contribution in [2.75, 3.05) is 7.11 Å². The molecule has 0 N–H and O–H groups in total. The fraction of sp³-hybridized carbons (Fsp3) is 0.222. The van der Waals surface area contributed by atoms with Crippen LogP contribution in [0, 0.1) is 0 Å². The van der Waals surface area contributed by atoms with Crippen LogP contribution in [0.1, 0.15) is 5.56 Å². The van der Waals surface area contributed by atoms with Gasteiger partial charge < -0.3 is 4.74 Å². The molecule has 1 atom stereocenters. The van der Waals surface area contributed by atoms with Gasteiger partial charge in [-0.2, -0.15) is 4.39 Å². The van der Waals surface area contributed by atoms with Crippen LogP contribution in [-0.4, -0.2) is 13.4 Å². The van der Waals surface area contributed by atoms with Gasteiger partial charge in [0.25, 0.3) is 5.85 Å². The number of ether oxygens (including phenoxy) is 1. The summed E-state index contributed by atoms with van der Waals surface area (Å²) in [4.78, 5) is 10.4. The molecule has 0 bridgehead atoms. The molecule has 1 aromatic carbocycles. The molecule has 2 nitrogen and oxygen atoms in total. The second-order valence-electron chi connectivity index (χ2n) is 2.33. The number of methoxy groups -OCH3 is 1. The third kappa shape index (κ3) is 1.51. The summed E-state index contributed by atoms with van der Waals surface area (Å²) < 4.78 is 17.8. The van der Waals surface area contributed by atoms with Gasteiger partial charge in [0, 0.05) is 12.7 Å². The summed E-state index contributed by atoms with van der Waals surface area (Å²) in [6, 6.07) is 8.03. The van der Waals surface area contributed by atoms with Gasteiger partial charge in [-0.15, -0.1) is 0 Å². The smallest absolute Gasteiger partial charge is 0.291 e. The van der Waals surface area contributed by atoms with Gasteiger partial charge in [0.05, 0.1) is 0 Å². The summed E-state index contributed by atoms with van der Waals surface area (Å²) >= 11 is 0. The first-order chi connectivity index (χ1) is 5.73. The van der Waals surface area contributed by atoms with Crippen molar-refractivity contribution >= 4 is 6.29 Å². The minimum absolute atomic E-state index is 0.141. The second kappa shape index (κ2) is 3.45. The number of hydrogen-bond acceptors (Lipinski definition) is 2. The van der Waals surface area contributed by atoms with Gasteiger partial charge in [0.2, 0.25) is 0 Å². The zero-order valence-electron chi connectivity index (χ0n) is 6.66. The molecule has 0 aliphatic rings. The number of rotatable bonds is 3. The van der Waals surface area contributed by atoms with Gasteiger partial charge in [-0.3, -0.25) is 4.79 Å². The molecule has 1 aromatic rings. The third-order valence-corrected chi connectivity index (χ3v) is 1.62. The molecular formula is C9H9FO2. The summed E-state index contributed by atoms with van der Waals surface area (Å²) in [6.07, 6.45) is 0.141. The second-order valence-corrected chi connectivity index (χ2v) is 2.33. The van der Waals surface area contributed by atoms with Gasteiger partial charge in [-0.05, 0) is 0 Å². The maximum absolute atomic E-state index is 13.4. The van der Waals surface area contributed by atoms with E-state index in [4.69, 9.17) is 0 Å². The maximum atomic E-state index is 13.4. The minimum Gasteiger partial charge on any atom is -0.340 e. The van der Waals surface area contributed by atoms with E-state index in [1.165, 1.54) is 12.1 Å². The zero-order chi connectivity index (χ0) is 9.03. The maximum Gasteiger partial charge on any atom is 0.291 e. The SMILES string of the molecule is COC(F)(C=O)c1ccccc1. The van der Waals surface area contributed by atoms with E-state index in [1.54, 1.807) is 18.2 Å². The molecular weight excluding hydrogens is 159 g/mol. The minimum atomic E-state index is -2.30. The van der Waals surface area contributed by atoms with Crippen molar-refractivity contribution in [3.8, 4) is 0 Å². The number of carbonyl (C=O) groups excluding carboxylic acids is 1. The predicted molar refractivity (Wildman–Crippen MR) is 42.3 cm³/mol. The Hall–Kier alpha value is -1.22. The van der Waals surface area contributed by atoms with Crippen molar-refractivity contribution in [3.05, 3.63) is 35.9 Å². The first kappa shape index (κ1) is 8.87. The normalized spacial score (nSPS) is 15.2. The highest BCUT2D eigenvalue weighted by atomic mass is 19.2. The lowest BCUT2D eigenvalue weighted by atomic mass is 10.1. The largest absolute Gasteiger partial charge is 0.340 e. The summed E-state index contributed by atoms with van der Waals surface area (Å²) in [7, 11) is 1.15. The van der Waals surface area contributed by atoms with E-state index < -0.39 is 5.85 Å². The summed E-state index contributed by atoms with van der Waals surface area (Å²) in [5.41, 5.74) is 0.211. The van der Waals surface area contributed by atoms with Crippen molar-refractivity contribution in [1.29, 1.82) is 0 Å².